The van der Waals surface area contributed by atoms with Crippen molar-refractivity contribution in [1.82, 2.24) is 14.5 Å². The molecule has 1 aliphatic rings. The molecule has 1 aliphatic heterocycles. The molecular weight excluding hydrogens is 433 g/mol. The number of benzene rings is 1. The van der Waals surface area contributed by atoms with Gasteiger partial charge < -0.3 is 4.57 Å². The Morgan fingerprint density at radius 1 is 1.29 bits per heavy atom. The highest BCUT2D eigenvalue weighted by atomic mass is 79.9. The lowest BCUT2D eigenvalue weighted by atomic mass is 9.97. The monoisotopic (exact) mass is 450 g/mol. The third kappa shape index (κ3) is 3.34. The molecule has 0 saturated carbocycles. The van der Waals surface area contributed by atoms with Crippen LogP contribution < -0.4 is 5.49 Å². The lowest BCUT2D eigenvalue weighted by Crippen LogP contribution is -2.18. The first-order valence-electron chi connectivity index (χ1n) is 9.01. The molecule has 4 nitrogen and oxygen atoms in total. The molecule has 1 atom stereocenters. The molecule has 0 aliphatic carbocycles. The van der Waals surface area contributed by atoms with E-state index in [4.69, 9.17) is 9.98 Å². The van der Waals surface area contributed by atoms with Crippen molar-refractivity contribution in [3.8, 4) is 0 Å². The van der Waals surface area contributed by atoms with Crippen molar-refractivity contribution in [2.24, 2.45) is 4.99 Å². The maximum Gasteiger partial charge on any atom is 0.416 e. The molecule has 0 N–H and O–H groups in total. The summed E-state index contributed by atoms with van der Waals surface area (Å²) in [4.78, 5) is 13.8. The van der Waals surface area contributed by atoms with Crippen LogP contribution in [0, 0.1) is 6.92 Å². The van der Waals surface area contributed by atoms with Gasteiger partial charge in [-0.2, -0.15) is 13.2 Å². The molecule has 0 fully saturated rings. The molecule has 1 aromatic carbocycles. The van der Waals surface area contributed by atoms with E-state index in [9.17, 15) is 13.2 Å². The van der Waals surface area contributed by atoms with Gasteiger partial charge in [0.1, 0.15) is 10.4 Å². The summed E-state index contributed by atoms with van der Waals surface area (Å²) in [6.07, 6.45) is -0.740. The Morgan fingerprint density at radius 2 is 2.07 bits per heavy atom. The van der Waals surface area contributed by atoms with E-state index in [-0.39, 0.29) is 5.56 Å². The lowest BCUT2D eigenvalue weighted by Gasteiger charge is -2.16. The molecule has 1 unspecified atom stereocenters. The summed E-state index contributed by atoms with van der Waals surface area (Å²) in [5.74, 6) is 0.934. The van der Waals surface area contributed by atoms with Gasteiger partial charge in [0.2, 0.25) is 0 Å². The number of hydrogen-bond acceptors (Lipinski definition) is 3. The van der Waals surface area contributed by atoms with Gasteiger partial charge in [-0.3, -0.25) is 4.99 Å². The minimum Gasteiger partial charge on any atom is -0.328 e. The fourth-order valence-corrected chi connectivity index (χ4v) is 4.13. The number of hydrogen-bond donors (Lipinski definition) is 0. The minimum atomic E-state index is -4.38. The summed E-state index contributed by atoms with van der Waals surface area (Å²) >= 11 is 3.39. The fraction of sp³-hybridized carbons (Fsp3) is 0.350. The molecular formula is C20H18BrF3N4. The average molecular weight is 451 g/mol. The number of fused-ring (bicyclic) bond motifs is 3. The molecule has 3 aromatic rings. The number of halogens is 4. The molecule has 0 radical (unpaired) electrons. The van der Waals surface area contributed by atoms with Crippen LogP contribution in [-0.4, -0.2) is 14.5 Å². The zero-order valence-corrected chi connectivity index (χ0v) is 17.0. The van der Waals surface area contributed by atoms with Gasteiger partial charge in [0.15, 0.2) is 5.49 Å². The number of aryl methyl sites for hydroxylation is 2. The van der Waals surface area contributed by atoms with Crippen LogP contribution in [0.4, 0.5) is 13.2 Å². The lowest BCUT2D eigenvalue weighted by molar-refractivity contribution is -0.138. The van der Waals surface area contributed by atoms with Crippen LogP contribution in [0.15, 0.2) is 40.1 Å². The SMILES string of the molecule is Cc1c(C(C)N=c2nc3n(c4cnc(Br)cc24)CCC3)cccc1C(F)(F)F. The zero-order chi connectivity index (χ0) is 20.1. The number of pyridine rings is 1. The molecule has 28 heavy (non-hydrogen) atoms. The van der Waals surface area contributed by atoms with E-state index >= 15 is 0 Å². The van der Waals surface area contributed by atoms with Crippen molar-refractivity contribution in [3.63, 3.8) is 0 Å². The Labute approximate surface area is 168 Å². The Hall–Kier alpha value is -2.22. The van der Waals surface area contributed by atoms with Gasteiger partial charge in [-0.15, -0.1) is 0 Å². The van der Waals surface area contributed by atoms with Crippen molar-refractivity contribution >= 4 is 26.8 Å². The van der Waals surface area contributed by atoms with E-state index in [1.54, 1.807) is 19.2 Å². The van der Waals surface area contributed by atoms with Crippen molar-refractivity contribution in [1.29, 1.82) is 0 Å². The molecule has 4 rings (SSSR count). The molecule has 3 heterocycles. The number of aromatic nitrogens is 3. The van der Waals surface area contributed by atoms with Gasteiger partial charge in [-0.25, -0.2) is 9.97 Å². The highest BCUT2D eigenvalue weighted by Crippen LogP contribution is 2.35. The largest absolute Gasteiger partial charge is 0.416 e. The Balaban J connectivity index is 1.90. The number of rotatable bonds is 2. The van der Waals surface area contributed by atoms with Crippen LogP contribution in [0.1, 0.15) is 41.9 Å². The quantitative estimate of drug-likeness (QED) is 0.508. The second-order valence-corrected chi connectivity index (χ2v) is 7.77. The van der Waals surface area contributed by atoms with Crippen LogP contribution >= 0.6 is 15.9 Å². The maximum absolute atomic E-state index is 13.3. The number of nitrogens with zero attached hydrogens (tertiary/aromatic N) is 4. The highest BCUT2D eigenvalue weighted by molar-refractivity contribution is 9.10. The van der Waals surface area contributed by atoms with Gasteiger partial charge in [-0.05, 0) is 59.5 Å². The van der Waals surface area contributed by atoms with Crippen LogP contribution in [0.2, 0.25) is 0 Å². The molecule has 0 saturated heterocycles. The minimum absolute atomic E-state index is 0.203. The van der Waals surface area contributed by atoms with Crippen molar-refractivity contribution in [2.45, 2.75) is 45.5 Å². The summed E-state index contributed by atoms with van der Waals surface area (Å²) in [6, 6.07) is 5.63. The standard InChI is InChI=1S/C20H18BrF3N4/c1-11-13(5-3-6-15(11)20(22,23)24)12(2)26-19-14-9-17(21)25-10-16(14)28-8-4-7-18(28)27-19/h3,5-6,9-10,12H,4,7-8H2,1-2H3. The van der Waals surface area contributed by atoms with Gasteiger partial charge in [0, 0.05) is 18.4 Å². The Kier molecular flexibility index (Phi) is 4.77. The van der Waals surface area contributed by atoms with E-state index < -0.39 is 17.8 Å². The zero-order valence-electron chi connectivity index (χ0n) is 15.4. The first-order valence-corrected chi connectivity index (χ1v) is 9.80. The van der Waals surface area contributed by atoms with E-state index in [1.165, 1.54) is 13.0 Å². The Morgan fingerprint density at radius 3 is 2.82 bits per heavy atom. The third-order valence-corrected chi connectivity index (χ3v) is 5.59. The molecule has 8 heteroatoms. The first-order chi connectivity index (χ1) is 13.3. The van der Waals surface area contributed by atoms with E-state index in [0.29, 0.717) is 15.7 Å². The van der Waals surface area contributed by atoms with Crippen molar-refractivity contribution in [3.05, 3.63) is 63.1 Å². The average Bonchev–Trinajstić information content (AvgIpc) is 3.09. The first kappa shape index (κ1) is 19.1. The number of alkyl halides is 3. The maximum atomic E-state index is 13.3. The smallest absolute Gasteiger partial charge is 0.328 e. The topological polar surface area (TPSA) is 43.1 Å². The summed E-state index contributed by atoms with van der Waals surface area (Å²) in [7, 11) is 0. The van der Waals surface area contributed by atoms with Crippen molar-refractivity contribution in [2.75, 3.05) is 0 Å². The van der Waals surface area contributed by atoms with Crippen LogP contribution in [0.5, 0.6) is 0 Å². The Bertz CT molecular complexity index is 1130. The third-order valence-electron chi connectivity index (χ3n) is 5.16. The normalized spacial score (nSPS) is 15.9. The second kappa shape index (κ2) is 6.99. The van der Waals surface area contributed by atoms with E-state index in [0.717, 1.165) is 42.2 Å². The molecule has 0 bridgehead atoms. The second-order valence-electron chi connectivity index (χ2n) is 6.95. The van der Waals surface area contributed by atoms with Crippen LogP contribution in [0.3, 0.4) is 0 Å². The van der Waals surface area contributed by atoms with Gasteiger partial charge in [-0.1, -0.05) is 12.1 Å². The summed E-state index contributed by atoms with van der Waals surface area (Å²) in [5, 5.41) is 0.837. The predicted molar refractivity (Wildman–Crippen MR) is 104 cm³/mol. The van der Waals surface area contributed by atoms with Gasteiger partial charge >= 0.3 is 6.18 Å². The summed E-state index contributed by atoms with van der Waals surface area (Å²) in [5.41, 5.74) is 1.61. The van der Waals surface area contributed by atoms with Gasteiger partial charge in [0.05, 0.1) is 23.3 Å². The fourth-order valence-electron chi connectivity index (χ4n) is 3.80. The molecule has 0 spiro atoms. The van der Waals surface area contributed by atoms with Gasteiger partial charge in [0.25, 0.3) is 0 Å². The molecule has 0 amide bonds. The molecule has 2 aromatic heterocycles. The van der Waals surface area contributed by atoms with E-state index in [2.05, 4.69) is 25.5 Å². The molecule has 146 valence electrons. The van der Waals surface area contributed by atoms with E-state index in [1.807, 2.05) is 6.07 Å². The summed E-state index contributed by atoms with van der Waals surface area (Å²) < 4.78 is 42.6. The van der Waals surface area contributed by atoms with Crippen LogP contribution in [0.25, 0.3) is 10.9 Å². The van der Waals surface area contributed by atoms with Crippen LogP contribution in [-0.2, 0) is 19.1 Å². The summed E-state index contributed by atoms with van der Waals surface area (Å²) in [6.45, 7) is 4.17. The predicted octanol–water partition coefficient (Wildman–Crippen LogP) is 5.13. The van der Waals surface area contributed by atoms with Crippen molar-refractivity contribution < 1.29 is 13.2 Å². The highest BCUT2D eigenvalue weighted by Gasteiger charge is 2.33.